The van der Waals surface area contributed by atoms with Gasteiger partial charge in [0, 0.05) is 16.9 Å². The van der Waals surface area contributed by atoms with Gasteiger partial charge in [-0.3, -0.25) is 9.20 Å². The smallest absolute Gasteiger partial charge is 0.275 e. The molecule has 0 saturated heterocycles. The second-order valence-corrected chi connectivity index (χ2v) is 5.71. The van der Waals surface area contributed by atoms with Gasteiger partial charge in [0.05, 0.1) is 5.69 Å². The molecule has 106 valence electrons. The SMILES string of the molecule is Cc1ccc(NC(=O)c2c(C)nc3ccc(Br)cn23)nc1. The summed E-state index contributed by atoms with van der Waals surface area (Å²) >= 11 is 3.41. The fourth-order valence-electron chi connectivity index (χ4n) is 2.13. The van der Waals surface area contributed by atoms with Crippen molar-refractivity contribution in [3.05, 3.63) is 58.1 Å². The lowest BCUT2D eigenvalue weighted by Crippen LogP contribution is -2.16. The highest BCUT2D eigenvalue weighted by Gasteiger charge is 2.17. The quantitative estimate of drug-likeness (QED) is 0.775. The predicted molar refractivity (Wildman–Crippen MR) is 84.6 cm³/mol. The standard InChI is InChI=1S/C15H13BrN4O/c1-9-3-5-12(17-7-9)19-15(21)14-10(2)18-13-6-4-11(16)8-20(13)14/h3-8H,1-2H3,(H,17,19,21). The van der Waals surface area contributed by atoms with E-state index in [1.165, 1.54) is 0 Å². The van der Waals surface area contributed by atoms with Crippen LogP contribution in [0.4, 0.5) is 5.82 Å². The van der Waals surface area contributed by atoms with Gasteiger partial charge in [0.2, 0.25) is 0 Å². The molecule has 5 nitrogen and oxygen atoms in total. The molecule has 0 atom stereocenters. The minimum Gasteiger partial charge on any atom is -0.305 e. The van der Waals surface area contributed by atoms with Gasteiger partial charge in [0.25, 0.3) is 5.91 Å². The van der Waals surface area contributed by atoms with Crippen molar-refractivity contribution in [1.82, 2.24) is 14.4 Å². The number of aromatic nitrogens is 3. The molecule has 0 aromatic carbocycles. The first kappa shape index (κ1) is 13.8. The van der Waals surface area contributed by atoms with E-state index in [-0.39, 0.29) is 5.91 Å². The van der Waals surface area contributed by atoms with Crippen LogP contribution in [0.3, 0.4) is 0 Å². The lowest BCUT2D eigenvalue weighted by Gasteiger charge is -2.06. The molecule has 0 aliphatic rings. The topological polar surface area (TPSA) is 59.3 Å². The number of imidazole rings is 1. The number of carbonyl (C=O) groups is 1. The highest BCUT2D eigenvalue weighted by molar-refractivity contribution is 9.10. The van der Waals surface area contributed by atoms with Gasteiger partial charge in [0.15, 0.2) is 0 Å². The molecule has 0 saturated carbocycles. The Balaban J connectivity index is 1.99. The van der Waals surface area contributed by atoms with Crippen molar-refractivity contribution in [2.24, 2.45) is 0 Å². The van der Waals surface area contributed by atoms with E-state index in [0.717, 1.165) is 15.7 Å². The Labute approximate surface area is 130 Å². The fraction of sp³-hybridized carbons (Fsp3) is 0.133. The molecule has 0 radical (unpaired) electrons. The Kier molecular flexibility index (Phi) is 3.47. The van der Waals surface area contributed by atoms with Crippen molar-refractivity contribution in [3.63, 3.8) is 0 Å². The van der Waals surface area contributed by atoms with E-state index in [4.69, 9.17) is 0 Å². The zero-order valence-corrected chi connectivity index (χ0v) is 13.2. The van der Waals surface area contributed by atoms with Gasteiger partial charge < -0.3 is 5.32 Å². The number of pyridine rings is 2. The zero-order chi connectivity index (χ0) is 15.0. The molecule has 0 spiro atoms. The van der Waals surface area contributed by atoms with Crippen LogP contribution in [0.15, 0.2) is 41.1 Å². The highest BCUT2D eigenvalue weighted by atomic mass is 79.9. The normalized spacial score (nSPS) is 10.8. The molecule has 21 heavy (non-hydrogen) atoms. The summed E-state index contributed by atoms with van der Waals surface area (Å²) in [5.74, 6) is 0.296. The van der Waals surface area contributed by atoms with Crippen LogP contribution in [0.2, 0.25) is 0 Å². The van der Waals surface area contributed by atoms with Crippen molar-refractivity contribution in [1.29, 1.82) is 0 Å². The summed E-state index contributed by atoms with van der Waals surface area (Å²) in [6.07, 6.45) is 3.54. The number of aryl methyl sites for hydroxylation is 2. The Bertz CT molecular complexity index is 824. The van der Waals surface area contributed by atoms with Gasteiger partial charge in [-0.25, -0.2) is 9.97 Å². The van der Waals surface area contributed by atoms with Crippen molar-refractivity contribution >= 4 is 33.3 Å². The number of carbonyl (C=O) groups excluding carboxylic acids is 1. The maximum atomic E-state index is 12.5. The van der Waals surface area contributed by atoms with Crippen LogP contribution >= 0.6 is 15.9 Å². The Morgan fingerprint density at radius 1 is 1.24 bits per heavy atom. The lowest BCUT2D eigenvalue weighted by atomic mass is 10.3. The second-order valence-electron chi connectivity index (χ2n) is 4.80. The predicted octanol–water partition coefficient (Wildman–Crippen LogP) is 3.36. The maximum Gasteiger partial charge on any atom is 0.275 e. The fourth-order valence-corrected chi connectivity index (χ4v) is 2.46. The summed E-state index contributed by atoms with van der Waals surface area (Å²) in [6, 6.07) is 7.44. The van der Waals surface area contributed by atoms with Crippen molar-refractivity contribution in [2.75, 3.05) is 5.32 Å². The van der Waals surface area contributed by atoms with Crippen LogP contribution in [-0.4, -0.2) is 20.3 Å². The van der Waals surface area contributed by atoms with Crippen LogP contribution < -0.4 is 5.32 Å². The summed E-state index contributed by atoms with van der Waals surface area (Å²) in [6.45, 7) is 3.77. The van der Waals surface area contributed by atoms with E-state index in [9.17, 15) is 4.79 Å². The average molecular weight is 345 g/mol. The third kappa shape index (κ3) is 2.67. The monoisotopic (exact) mass is 344 g/mol. The Morgan fingerprint density at radius 3 is 2.76 bits per heavy atom. The minimum atomic E-state index is -0.227. The maximum absolute atomic E-state index is 12.5. The highest BCUT2D eigenvalue weighted by Crippen LogP contribution is 2.17. The number of fused-ring (bicyclic) bond motifs is 1. The number of halogens is 1. The van der Waals surface area contributed by atoms with Gasteiger partial charge >= 0.3 is 0 Å². The molecular weight excluding hydrogens is 332 g/mol. The number of amides is 1. The molecule has 0 unspecified atom stereocenters. The first-order valence-corrected chi connectivity index (χ1v) is 7.22. The minimum absolute atomic E-state index is 0.227. The molecule has 3 aromatic rings. The number of nitrogens with one attached hydrogen (secondary N) is 1. The summed E-state index contributed by atoms with van der Waals surface area (Å²) < 4.78 is 2.65. The third-order valence-electron chi connectivity index (χ3n) is 3.12. The Morgan fingerprint density at radius 2 is 2.05 bits per heavy atom. The summed E-state index contributed by atoms with van der Waals surface area (Å²) in [5, 5.41) is 2.80. The molecule has 3 aromatic heterocycles. The number of hydrogen-bond donors (Lipinski definition) is 1. The number of anilines is 1. The molecule has 3 heterocycles. The third-order valence-corrected chi connectivity index (χ3v) is 3.59. The summed E-state index contributed by atoms with van der Waals surface area (Å²) in [4.78, 5) is 21.1. The molecule has 3 rings (SSSR count). The van der Waals surface area contributed by atoms with E-state index in [2.05, 4.69) is 31.2 Å². The van der Waals surface area contributed by atoms with Crippen LogP contribution in [0.25, 0.3) is 5.65 Å². The van der Waals surface area contributed by atoms with Gasteiger partial charge in [0.1, 0.15) is 17.2 Å². The van der Waals surface area contributed by atoms with Gasteiger partial charge in [-0.1, -0.05) is 6.07 Å². The van der Waals surface area contributed by atoms with Gasteiger partial charge in [-0.2, -0.15) is 0 Å². The molecule has 1 N–H and O–H groups in total. The molecule has 0 aliphatic carbocycles. The van der Waals surface area contributed by atoms with Crippen LogP contribution in [0.5, 0.6) is 0 Å². The number of rotatable bonds is 2. The number of nitrogens with zero attached hydrogens (tertiary/aromatic N) is 3. The zero-order valence-electron chi connectivity index (χ0n) is 11.6. The van der Waals surface area contributed by atoms with Gasteiger partial charge in [-0.15, -0.1) is 0 Å². The second kappa shape index (κ2) is 5.29. The molecular formula is C15H13BrN4O. The van der Waals surface area contributed by atoms with Crippen LogP contribution in [0, 0.1) is 13.8 Å². The number of hydrogen-bond acceptors (Lipinski definition) is 3. The summed E-state index contributed by atoms with van der Waals surface area (Å²) in [7, 11) is 0. The lowest BCUT2D eigenvalue weighted by molar-refractivity contribution is 0.102. The van der Waals surface area contributed by atoms with E-state index in [0.29, 0.717) is 17.2 Å². The van der Waals surface area contributed by atoms with E-state index < -0.39 is 0 Å². The van der Waals surface area contributed by atoms with Crippen LogP contribution in [0.1, 0.15) is 21.7 Å². The van der Waals surface area contributed by atoms with Crippen molar-refractivity contribution in [2.45, 2.75) is 13.8 Å². The van der Waals surface area contributed by atoms with Crippen LogP contribution in [-0.2, 0) is 0 Å². The first-order chi connectivity index (χ1) is 10.0. The van der Waals surface area contributed by atoms with E-state index in [1.54, 1.807) is 16.7 Å². The molecule has 0 fully saturated rings. The largest absolute Gasteiger partial charge is 0.305 e. The molecule has 1 amide bonds. The molecule has 0 aliphatic heterocycles. The Hall–Kier alpha value is -2.21. The molecule has 6 heteroatoms. The molecule has 0 bridgehead atoms. The summed E-state index contributed by atoms with van der Waals surface area (Å²) in [5.41, 5.74) is 2.96. The first-order valence-electron chi connectivity index (χ1n) is 6.43. The van der Waals surface area contributed by atoms with E-state index in [1.807, 2.05) is 38.2 Å². The van der Waals surface area contributed by atoms with Gasteiger partial charge in [-0.05, 0) is 53.5 Å². The average Bonchev–Trinajstić information content (AvgIpc) is 2.76. The van der Waals surface area contributed by atoms with Crippen molar-refractivity contribution < 1.29 is 4.79 Å². The van der Waals surface area contributed by atoms with E-state index >= 15 is 0 Å². The van der Waals surface area contributed by atoms with Crippen molar-refractivity contribution in [3.8, 4) is 0 Å².